The third-order valence-corrected chi connectivity index (χ3v) is 8.64. The van der Waals surface area contributed by atoms with Crippen LogP contribution in [-0.4, -0.2) is 11.4 Å². The van der Waals surface area contributed by atoms with Crippen molar-refractivity contribution < 1.29 is 0 Å². The Labute approximate surface area is 230 Å². The molecule has 0 aliphatic carbocycles. The second-order valence-electron chi connectivity index (χ2n) is 9.58. The van der Waals surface area contributed by atoms with E-state index in [1.54, 1.807) is 22.7 Å². The SMILES string of the molecule is c1ccc(N2N=C(c3ccsc3)CC2c2ccc(C3CC(c4ccsc4)=NN3c3ccccc3)cc2)cc1. The van der Waals surface area contributed by atoms with Crippen molar-refractivity contribution in [3.8, 4) is 0 Å². The second-order valence-corrected chi connectivity index (χ2v) is 11.1. The van der Waals surface area contributed by atoms with Gasteiger partial charge in [0.2, 0.25) is 0 Å². The summed E-state index contributed by atoms with van der Waals surface area (Å²) >= 11 is 3.44. The summed E-state index contributed by atoms with van der Waals surface area (Å²) < 4.78 is 0. The van der Waals surface area contributed by atoms with Gasteiger partial charge in [-0.1, -0.05) is 60.7 Å². The fourth-order valence-corrected chi connectivity index (χ4v) is 6.65. The van der Waals surface area contributed by atoms with E-state index in [1.807, 2.05) is 0 Å². The van der Waals surface area contributed by atoms with Gasteiger partial charge < -0.3 is 0 Å². The van der Waals surface area contributed by atoms with E-state index in [0.717, 1.165) is 35.6 Å². The minimum absolute atomic E-state index is 0.160. The van der Waals surface area contributed by atoms with Crippen molar-refractivity contribution in [2.45, 2.75) is 24.9 Å². The monoisotopic (exact) mass is 530 g/mol. The Balaban J connectivity index is 1.20. The molecule has 0 N–H and O–H groups in total. The number of thiophene rings is 2. The lowest BCUT2D eigenvalue weighted by Crippen LogP contribution is -2.20. The van der Waals surface area contributed by atoms with Gasteiger partial charge in [-0.05, 0) is 69.0 Å². The molecule has 2 aromatic heterocycles. The molecule has 7 rings (SSSR count). The van der Waals surface area contributed by atoms with Crippen LogP contribution in [0.4, 0.5) is 11.4 Å². The molecule has 0 saturated heterocycles. The van der Waals surface area contributed by atoms with Gasteiger partial charge in [0.1, 0.15) is 0 Å². The second kappa shape index (κ2) is 10.0. The quantitative estimate of drug-likeness (QED) is 0.220. The Morgan fingerprint density at radius 3 is 1.32 bits per heavy atom. The lowest BCUT2D eigenvalue weighted by atomic mass is 9.94. The molecule has 0 saturated carbocycles. The first-order valence-electron chi connectivity index (χ1n) is 12.8. The summed E-state index contributed by atoms with van der Waals surface area (Å²) in [4.78, 5) is 0. The summed E-state index contributed by atoms with van der Waals surface area (Å²) in [5.74, 6) is 0. The molecule has 0 fully saturated rings. The summed E-state index contributed by atoms with van der Waals surface area (Å²) in [5, 5.41) is 23.2. The molecule has 2 unspecified atom stereocenters. The maximum atomic E-state index is 5.08. The number of rotatable bonds is 6. The lowest BCUT2D eigenvalue weighted by Gasteiger charge is -2.26. The Bertz CT molecular complexity index is 1440. The Kier molecular flexibility index (Phi) is 6.12. The minimum Gasteiger partial charge on any atom is -0.257 e. The predicted molar refractivity (Wildman–Crippen MR) is 161 cm³/mol. The molecular formula is C32H26N4S2. The fraction of sp³-hybridized carbons (Fsp3) is 0.125. The van der Waals surface area contributed by atoms with Crippen LogP contribution >= 0.6 is 22.7 Å². The van der Waals surface area contributed by atoms with Crippen LogP contribution in [0.15, 0.2) is 129 Å². The number of hydrogen-bond donors (Lipinski definition) is 0. The van der Waals surface area contributed by atoms with Gasteiger partial charge in [-0.3, -0.25) is 10.0 Å². The van der Waals surface area contributed by atoms with Crippen LogP contribution in [0.1, 0.15) is 47.2 Å². The van der Waals surface area contributed by atoms with Crippen molar-refractivity contribution in [1.82, 2.24) is 0 Å². The lowest BCUT2D eigenvalue weighted by molar-refractivity contribution is 0.696. The van der Waals surface area contributed by atoms with E-state index >= 15 is 0 Å². The molecule has 38 heavy (non-hydrogen) atoms. The minimum atomic E-state index is 0.160. The van der Waals surface area contributed by atoms with Gasteiger partial charge in [-0.15, -0.1) is 0 Å². The van der Waals surface area contributed by atoms with E-state index in [1.165, 1.54) is 22.3 Å². The normalized spacial score (nSPS) is 19.1. The van der Waals surface area contributed by atoms with E-state index < -0.39 is 0 Å². The van der Waals surface area contributed by atoms with E-state index in [9.17, 15) is 0 Å². The Morgan fingerprint density at radius 1 is 0.526 bits per heavy atom. The fourth-order valence-electron chi connectivity index (χ4n) is 5.32. The van der Waals surface area contributed by atoms with Gasteiger partial charge >= 0.3 is 0 Å². The third kappa shape index (κ3) is 4.36. The standard InChI is InChI=1S/C32H26N4S2/c1-3-7-27(8-4-1)35-31(19-29(33-35)25-15-17-37-21-25)23-11-13-24(14-12-23)32-20-30(26-16-18-38-22-26)34-36(32)28-9-5-2-6-10-28/h1-18,21-22,31-32H,19-20H2. The van der Waals surface area contributed by atoms with Crippen LogP contribution in [0, 0.1) is 0 Å². The summed E-state index contributed by atoms with van der Waals surface area (Å²) in [6, 6.07) is 34.8. The average Bonchev–Trinajstić information content (AvgIpc) is 3.80. The van der Waals surface area contributed by atoms with Gasteiger partial charge in [0.15, 0.2) is 0 Å². The van der Waals surface area contributed by atoms with Crippen LogP contribution in [0.5, 0.6) is 0 Å². The summed E-state index contributed by atoms with van der Waals surface area (Å²) in [7, 11) is 0. The molecule has 2 aliphatic heterocycles. The van der Waals surface area contributed by atoms with Crippen LogP contribution in [0.25, 0.3) is 0 Å². The zero-order valence-corrected chi connectivity index (χ0v) is 22.4. The number of para-hydroxylation sites is 2. The smallest absolute Gasteiger partial charge is 0.0831 e. The summed E-state index contributed by atoms with van der Waals surface area (Å²) in [5.41, 5.74) is 9.51. The molecule has 2 aliphatic rings. The van der Waals surface area contributed by atoms with Crippen LogP contribution in [-0.2, 0) is 0 Å². The molecule has 0 amide bonds. The molecule has 0 bridgehead atoms. The zero-order chi connectivity index (χ0) is 25.3. The van der Waals surface area contributed by atoms with Crippen molar-refractivity contribution in [2.75, 3.05) is 10.0 Å². The molecule has 3 aromatic carbocycles. The van der Waals surface area contributed by atoms with E-state index in [-0.39, 0.29) is 12.1 Å². The molecular weight excluding hydrogens is 505 g/mol. The molecule has 4 heterocycles. The highest BCUT2D eigenvalue weighted by Gasteiger charge is 2.32. The van der Waals surface area contributed by atoms with Crippen molar-refractivity contribution in [1.29, 1.82) is 0 Å². The average molecular weight is 531 g/mol. The maximum Gasteiger partial charge on any atom is 0.0831 e. The first kappa shape index (κ1) is 23.1. The first-order valence-corrected chi connectivity index (χ1v) is 14.7. The molecule has 4 nitrogen and oxygen atoms in total. The predicted octanol–water partition coefficient (Wildman–Crippen LogP) is 8.52. The van der Waals surface area contributed by atoms with Crippen molar-refractivity contribution in [2.24, 2.45) is 10.2 Å². The van der Waals surface area contributed by atoms with Gasteiger partial charge in [0.25, 0.3) is 0 Å². The summed E-state index contributed by atoms with van der Waals surface area (Å²) in [6.45, 7) is 0. The van der Waals surface area contributed by atoms with E-state index in [4.69, 9.17) is 10.2 Å². The largest absolute Gasteiger partial charge is 0.257 e. The van der Waals surface area contributed by atoms with Gasteiger partial charge in [0, 0.05) is 24.0 Å². The molecule has 5 aromatic rings. The van der Waals surface area contributed by atoms with Gasteiger partial charge in [-0.25, -0.2) is 0 Å². The Hall–Kier alpha value is -4.00. The van der Waals surface area contributed by atoms with Gasteiger partial charge in [0.05, 0.1) is 34.9 Å². The molecule has 2 atom stereocenters. The highest BCUT2D eigenvalue weighted by Crippen LogP contribution is 2.40. The van der Waals surface area contributed by atoms with Gasteiger partial charge in [-0.2, -0.15) is 32.9 Å². The topological polar surface area (TPSA) is 31.2 Å². The maximum absolute atomic E-state index is 5.08. The van der Waals surface area contributed by atoms with E-state index in [2.05, 4.69) is 129 Å². The van der Waals surface area contributed by atoms with Crippen LogP contribution in [0.2, 0.25) is 0 Å². The summed E-state index contributed by atoms with van der Waals surface area (Å²) in [6.07, 6.45) is 1.77. The molecule has 0 spiro atoms. The zero-order valence-electron chi connectivity index (χ0n) is 20.7. The van der Waals surface area contributed by atoms with Crippen molar-refractivity contribution in [3.63, 3.8) is 0 Å². The number of nitrogens with zero attached hydrogens (tertiary/aromatic N) is 4. The van der Waals surface area contributed by atoms with Crippen LogP contribution in [0.3, 0.4) is 0 Å². The molecule has 6 heteroatoms. The number of benzene rings is 3. The highest BCUT2D eigenvalue weighted by atomic mass is 32.1. The highest BCUT2D eigenvalue weighted by molar-refractivity contribution is 7.08. The molecule has 0 radical (unpaired) electrons. The number of hydrazone groups is 2. The van der Waals surface area contributed by atoms with Crippen LogP contribution < -0.4 is 10.0 Å². The van der Waals surface area contributed by atoms with E-state index in [0.29, 0.717) is 0 Å². The Morgan fingerprint density at radius 2 is 0.947 bits per heavy atom. The van der Waals surface area contributed by atoms with Crippen molar-refractivity contribution >= 4 is 45.5 Å². The first-order chi connectivity index (χ1) is 18.8. The van der Waals surface area contributed by atoms with Crippen molar-refractivity contribution in [3.05, 3.63) is 141 Å². The number of anilines is 2. The third-order valence-electron chi connectivity index (χ3n) is 7.28. The molecule has 186 valence electrons. The number of hydrogen-bond acceptors (Lipinski definition) is 6.